The smallest absolute Gasteiger partial charge is 0.150 e. The van der Waals surface area contributed by atoms with Gasteiger partial charge in [0.2, 0.25) is 0 Å². The molecule has 4 saturated carbocycles. The van der Waals surface area contributed by atoms with Gasteiger partial charge in [0.05, 0.1) is 12.6 Å². The lowest BCUT2D eigenvalue weighted by atomic mass is 9.49. The lowest BCUT2D eigenvalue weighted by Crippen LogP contribution is -2.54. The molecule has 0 spiro atoms. The van der Waals surface area contributed by atoms with Crippen molar-refractivity contribution in [2.24, 2.45) is 46.8 Å². The first kappa shape index (κ1) is 18.6. The summed E-state index contributed by atoms with van der Waals surface area (Å²) in [5.74, 6) is 6.39. The topological polar surface area (TPSA) is 40.5 Å². The molecule has 8 atom stereocenters. The van der Waals surface area contributed by atoms with Gasteiger partial charge in [-0.1, -0.05) is 20.3 Å². The van der Waals surface area contributed by atoms with Gasteiger partial charge in [-0.3, -0.25) is 9.69 Å². The van der Waals surface area contributed by atoms with Crippen molar-refractivity contribution in [1.82, 2.24) is 4.90 Å². The van der Waals surface area contributed by atoms with Crippen molar-refractivity contribution in [3.8, 4) is 0 Å². The third kappa shape index (κ3) is 3.03. The van der Waals surface area contributed by atoms with Gasteiger partial charge in [0.15, 0.2) is 0 Å². The second kappa shape index (κ2) is 6.83. The first-order valence-corrected chi connectivity index (χ1v) is 11.9. The standard InChI is InChI=1S/C24H39NO2/c1-15-3-5-18-16(11-15)4-6-20-19(18)9-10-24(2)21(20)7-8-22(24)23(27)14-25-12-17(26)13-25/h15-22,26H,3-14H2,1-2H3. The molecule has 5 rings (SSSR count). The van der Waals surface area contributed by atoms with Crippen LogP contribution in [-0.2, 0) is 4.79 Å². The Hall–Kier alpha value is -0.410. The van der Waals surface area contributed by atoms with Crippen LogP contribution in [0.4, 0.5) is 0 Å². The highest BCUT2D eigenvalue weighted by molar-refractivity contribution is 5.84. The molecule has 0 radical (unpaired) electrons. The number of aliphatic hydroxyl groups is 1. The molecule has 3 nitrogen and oxygen atoms in total. The quantitative estimate of drug-likeness (QED) is 0.808. The highest BCUT2D eigenvalue weighted by Gasteiger charge is 2.58. The van der Waals surface area contributed by atoms with Crippen molar-refractivity contribution in [1.29, 1.82) is 0 Å². The second-order valence-electron chi connectivity index (χ2n) is 11.3. The fraction of sp³-hybridized carbons (Fsp3) is 0.958. The summed E-state index contributed by atoms with van der Waals surface area (Å²) in [6.07, 6.45) is 12.2. The van der Waals surface area contributed by atoms with E-state index in [1.165, 1.54) is 51.4 Å². The zero-order valence-corrected chi connectivity index (χ0v) is 17.4. The largest absolute Gasteiger partial charge is 0.390 e. The van der Waals surface area contributed by atoms with E-state index in [9.17, 15) is 9.90 Å². The number of nitrogens with zero attached hydrogens (tertiary/aromatic N) is 1. The third-order valence-electron chi connectivity index (χ3n) is 9.92. The molecule has 152 valence electrons. The highest BCUT2D eigenvalue weighted by atomic mass is 16.3. The van der Waals surface area contributed by atoms with Gasteiger partial charge in [-0.2, -0.15) is 0 Å². The Kier molecular flexibility index (Phi) is 4.71. The van der Waals surface area contributed by atoms with E-state index in [0.717, 1.165) is 41.9 Å². The van der Waals surface area contributed by atoms with Crippen molar-refractivity contribution < 1.29 is 9.90 Å². The summed E-state index contributed by atoms with van der Waals surface area (Å²) in [4.78, 5) is 15.3. The van der Waals surface area contributed by atoms with E-state index in [4.69, 9.17) is 0 Å². The van der Waals surface area contributed by atoms with Crippen LogP contribution in [0.2, 0.25) is 0 Å². The molecule has 5 fully saturated rings. The number of carbonyl (C=O) groups is 1. The van der Waals surface area contributed by atoms with Crippen molar-refractivity contribution in [2.45, 2.75) is 77.7 Å². The number of hydrogen-bond acceptors (Lipinski definition) is 3. The number of hydrogen-bond donors (Lipinski definition) is 1. The maximum atomic E-state index is 13.1. The van der Waals surface area contributed by atoms with Crippen LogP contribution in [0.15, 0.2) is 0 Å². The first-order valence-electron chi connectivity index (χ1n) is 11.9. The zero-order valence-electron chi connectivity index (χ0n) is 17.4. The normalized spacial score (nSPS) is 50.4. The molecule has 8 unspecified atom stereocenters. The molecule has 1 N–H and O–H groups in total. The molecule has 4 aliphatic carbocycles. The van der Waals surface area contributed by atoms with E-state index in [1.807, 2.05) is 0 Å². The lowest BCUT2D eigenvalue weighted by Gasteiger charge is -2.56. The summed E-state index contributed by atoms with van der Waals surface area (Å²) in [6.45, 7) is 6.92. The number of ketones is 1. The molecular weight excluding hydrogens is 334 g/mol. The van der Waals surface area contributed by atoms with Gasteiger partial charge in [0.1, 0.15) is 5.78 Å². The van der Waals surface area contributed by atoms with Crippen LogP contribution in [0.5, 0.6) is 0 Å². The van der Waals surface area contributed by atoms with Gasteiger partial charge < -0.3 is 5.11 Å². The Morgan fingerprint density at radius 1 is 1.00 bits per heavy atom. The van der Waals surface area contributed by atoms with Crippen molar-refractivity contribution in [2.75, 3.05) is 19.6 Å². The summed E-state index contributed by atoms with van der Waals surface area (Å²) in [5.41, 5.74) is 0.260. The number of β-amino-alcohol motifs (C(OH)–C–C–N with tert-alkyl or cyclic N) is 1. The molecule has 0 aromatic carbocycles. The highest BCUT2D eigenvalue weighted by Crippen LogP contribution is 2.64. The molecule has 1 aliphatic heterocycles. The zero-order chi connectivity index (χ0) is 18.8. The number of rotatable bonds is 3. The van der Waals surface area contributed by atoms with E-state index >= 15 is 0 Å². The monoisotopic (exact) mass is 373 g/mol. The van der Waals surface area contributed by atoms with Gasteiger partial charge in [0.25, 0.3) is 0 Å². The Labute approximate surface area is 165 Å². The van der Waals surface area contributed by atoms with Crippen molar-refractivity contribution in [3.63, 3.8) is 0 Å². The second-order valence-corrected chi connectivity index (χ2v) is 11.3. The minimum Gasteiger partial charge on any atom is -0.390 e. The van der Waals surface area contributed by atoms with E-state index in [-0.39, 0.29) is 17.4 Å². The Bertz CT molecular complexity index is 585. The molecule has 0 bridgehead atoms. The van der Waals surface area contributed by atoms with Crippen molar-refractivity contribution >= 4 is 5.78 Å². The Morgan fingerprint density at radius 3 is 2.56 bits per heavy atom. The van der Waals surface area contributed by atoms with Crippen LogP contribution in [0.25, 0.3) is 0 Å². The third-order valence-corrected chi connectivity index (χ3v) is 9.92. The van der Waals surface area contributed by atoms with Crippen LogP contribution in [0, 0.1) is 46.8 Å². The Balaban J connectivity index is 1.29. The van der Waals surface area contributed by atoms with E-state index in [2.05, 4.69) is 18.7 Å². The van der Waals surface area contributed by atoms with Crippen LogP contribution in [0.1, 0.15) is 71.6 Å². The molecule has 0 aromatic rings. The van der Waals surface area contributed by atoms with Gasteiger partial charge in [-0.25, -0.2) is 0 Å². The molecule has 5 aliphatic rings. The number of aliphatic hydroxyl groups excluding tert-OH is 1. The van der Waals surface area contributed by atoms with Crippen LogP contribution >= 0.6 is 0 Å². The van der Waals surface area contributed by atoms with Gasteiger partial charge in [0, 0.05) is 19.0 Å². The summed E-state index contributed by atoms with van der Waals surface area (Å²) < 4.78 is 0. The molecule has 1 saturated heterocycles. The maximum absolute atomic E-state index is 13.1. The number of carbonyl (C=O) groups excluding carboxylic acids is 1. The predicted octanol–water partition coefficient (Wildman–Crippen LogP) is 4.14. The van der Waals surface area contributed by atoms with E-state index < -0.39 is 0 Å². The molecule has 1 heterocycles. The van der Waals surface area contributed by atoms with Crippen LogP contribution in [-0.4, -0.2) is 41.5 Å². The lowest BCUT2D eigenvalue weighted by molar-refractivity contribution is -0.134. The minimum absolute atomic E-state index is 0.200. The maximum Gasteiger partial charge on any atom is 0.150 e. The van der Waals surface area contributed by atoms with Crippen LogP contribution < -0.4 is 0 Å². The molecule has 0 aromatic heterocycles. The summed E-state index contributed by atoms with van der Waals surface area (Å²) in [7, 11) is 0. The Morgan fingerprint density at radius 2 is 1.78 bits per heavy atom. The average molecular weight is 374 g/mol. The van der Waals surface area contributed by atoms with Crippen LogP contribution in [0.3, 0.4) is 0 Å². The fourth-order valence-corrected chi connectivity index (χ4v) is 8.62. The number of fused-ring (bicyclic) bond motifs is 5. The molecular formula is C24H39NO2. The van der Waals surface area contributed by atoms with E-state index in [1.54, 1.807) is 0 Å². The molecule has 3 heteroatoms. The van der Waals surface area contributed by atoms with Gasteiger partial charge in [-0.15, -0.1) is 0 Å². The summed E-state index contributed by atoms with van der Waals surface area (Å²) in [6, 6.07) is 0. The summed E-state index contributed by atoms with van der Waals surface area (Å²) in [5, 5.41) is 9.52. The van der Waals surface area contributed by atoms with Gasteiger partial charge >= 0.3 is 0 Å². The van der Waals surface area contributed by atoms with Crippen molar-refractivity contribution in [3.05, 3.63) is 0 Å². The number of likely N-dealkylation sites (tertiary alicyclic amines) is 1. The first-order chi connectivity index (χ1) is 13.0. The van der Waals surface area contributed by atoms with Gasteiger partial charge in [-0.05, 0) is 92.3 Å². The summed E-state index contributed by atoms with van der Waals surface area (Å²) >= 11 is 0. The van der Waals surface area contributed by atoms with E-state index in [0.29, 0.717) is 25.4 Å². The number of Topliss-reactive ketones (excluding diaryl/α,β-unsaturated/α-hetero) is 1. The molecule has 0 amide bonds. The minimum atomic E-state index is -0.200. The SMILES string of the molecule is CC1CCC2C(CCC3C2CCC2(C)C(C(=O)CN4CC(O)C4)CCC32)C1. The average Bonchev–Trinajstić information content (AvgIpc) is 2.97. The predicted molar refractivity (Wildman–Crippen MR) is 107 cm³/mol. The molecule has 27 heavy (non-hydrogen) atoms. The fourth-order valence-electron chi connectivity index (χ4n) is 8.62.